The first-order valence-corrected chi connectivity index (χ1v) is 7.38. The maximum Gasteiger partial charge on any atom is 0.268 e. The molecule has 2 aromatic rings. The van der Waals surface area contributed by atoms with E-state index in [9.17, 15) is 4.79 Å². The molecule has 2 rings (SSSR count). The van der Waals surface area contributed by atoms with Crippen LogP contribution in [0.2, 0.25) is 0 Å². The normalized spacial score (nSPS) is 10.8. The summed E-state index contributed by atoms with van der Waals surface area (Å²) in [6.07, 6.45) is 1.71. The van der Waals surface area contributed by atoms with Gasteiger partial charge in [-0.15, -0.1) is 11.3 Å². The molecule has 0 aliphatic carbocycles. The van der Waals surface area contributed by atoms with Crippen LogP contribution in [0.3, 0.4) is 0 Å². The van der Waals surface area contributed by atoms with E-state index in [0.717, 1.165) is 18.8 Å². The second-order valence-electron chi connectivity index (χ2n) is 4.86. The Kier molecular flexibility index (Phi) is 4.92. The third-order valence-corrected chi connectivity index (χ3v) is 3.97. The SMILES string of the molecule is Cc1ccc(CNCCn2ncc(N(C)C)cc2=O)s1. The summed E-state index contributed by atoms with van der Waals surface area (Å²) in [6.45, 7) is 4.25. The lowest BCUT2D eigenvalue weighted by atomic mass is 10.4. The zero-order valence-electron chi connectivity index (χ0n) is 12.1. The summed E-state index contributed by atoms with van der Waals surface area (Å²) in [5.74, 6) is 0. The Morgan fingerprint density at radius 1 is 1.40 bits per heavy atom. The molecule has 0 fully saturated rings. The highest BCUT2D eigenvalue weighted by molar-refractivity contribution is 7.11. The molecule has 0 aliphatic rings. The van der Waals surface area contributed by atoms with E-state index in [1.54, 1.807) is 23.6 Å². The first-order valence-electron chi connectivity index (χ1n) is 6.57. The summed E-state index contributed by atoms with van der Waals surface area (Å²) in [6, 6.07) is 5.85. The van der Waals surface area contributed by atoms with Crippen LogP contribution in [0.4, 0.5) is 5.69 Å². The zero-order valence-corrected chi connectivity index (χ0v) is 12.9. The van der Waals surface area contributed by atoms with Gasteiger partial charge in [-0.2, -0.15) is 5.10 Å². The Balaban J connectivity index is 1.83. The fourth-order valence-electron chi connectivity index (χ4n) is 1.81. The number of aryl methyl sites for hydroxylation is 1. The molecule has 0 aromatic carbocycles. The van der Waals surface area contributed by atoms with Gasteiger partial charge in [0, 0.05) is 43.0 Å². The number of anilines is 1. The van der Waals surface area contributed by atoms with Crippen molar-refractivity contribution in [2.45, 2.75) is 20.0 Å². The van der Waals surface area contributed by atoms with Gasteiger partial charge < -0.3 is 10.2 Å². The van der Waals surface area contributed by atoms with E-state index in [1.165, 1.54) is 14.4 Å². The molecule has 0 radical (unpaired) electrons. The standard InChI is InChI=1S/C14H20N4OS/c1-11-4-5-13(20-11)10-15-6-7-18-14(19)8-12(9-16-18)17(2)3/h4-5,8-9,15H,6-7,10H2,1-3H3. The molecule has 0 saturated carbocycles. The molecule has 2 aromatic heterocycles. The molecule has 0 amide bonds. The smallest absolute Gasteiger partial charge is 0.268 e. The van der Waals surface area contributed by atoms with Gasteiger partial charge in [-0.1, -0.05) is 0 Å². The number of hydrogen-bond acceptors (Lipinski definition) is 5. The lowest BCUT2D eigenvalue weighted by molar-refractivity contribution is 0.533. The Morgan fingerprint density at radius 2 is 2.20 bits per heavy atom. The first kappa shape index (κ1) is 14.7. The van der Waals surface area contributed by atoms with E-state index in [4.69, 9.17) is 0 Å². The quantitative estimate of drug-likeness (QED) is 0.819. The van der Waals surface area contributed by atoms with Crippen molar-refractivity contribution in [2.24, 2.45) is 0 Å². The van der Waals surface area contributed by atoms with Gasteiger partial charge in [-0.05, 0) is 19.1 Å². The molecule has 5 nitrogen and oxygen atoms in total. The van der Waals surface area contributed by atoms with E-state index < -0.39 is 0 Å². The van der Waals surface area contributed by atoms with Crippen molar-refractivity contribution in [3.05, 3.63) is 44.5 Å². The van der Waals surface area contributed by atoms with Crippen LogP contribution in [0.25, 0.3) is 0 Å². The monoisotopic (exact) mass is 292 g/mol. The molecular weight excluding hydrogens is 272 g/mol. The highest BCUT2D eigenvalue weighted by Gasteiger charge is 2.02. The molecule has 2 heterocycles. The second-order valence-corrected chi connectivity index (χ2v) is 6.23. The lowest BCUT2D eigenvalue weighted by Crippen LogP contribution is -2.29. The fraction of sp³-hybridized carbons (Fsp3) is 0.429. The molecule has 20 heavy (non-hydrogen) atoms. The maximum atomic E-state index is 11.9. The van der Waals surface area contributed by atoms with Crippen LogP contribution < -0.4 is 15.8 Å². The van der Waals surface area contributed by atoms with Gasteiger partial charge in [0.1, 0.15) is 0 Å². The van der Waals surface area contributed by atoms with Gasteiger partial charge in [-0.3, -0.25) is 4.79 Å². The highest BCUT2D eigenvalue weighted by atomic mass is 32.1. The van der Waals surface area contributed by atoms with Crippen LogP contribution in [-0.4, -0.2) is 30.4 Å². The molecule has 6 heteroatoms. The van der Waals surface area contributed by atoms with E-state index in [0.29, 0.717) is 6.54 Å². The van der Waals surface area contributed by atoms with Gasteiger partial charge in [-0.25, -0.2) is 4.68 Å². The van der Waals surface area contributed by atoms with E-state index in [-0.39, 0.29) is 5.56 Å². The van der Waals surface area contributed by atoms with Crippen molar-refractivity contribution in [2.75, 3.05) is 25.5 Å². The summed E-state index contributed by atoms with van der Waals surface area (Å²) in [5, 5.41) is 7.50. The molecule has 0 saturated heterocycles. The van der Waals surface area contributed by atoms with Crippen LogP contribution in [0, 0.1) is 6.92 Å². The number of hydrogen-bond donors (Lipinski definition) is 1. The largest absolute Gasteiger partial charge is 0.376 e. The summed E-state index contributed by atoms with van der Waals surface area (Å²) >= 11 is 1.79. The van der Waals surface area contributed by atoms with Gasteiger partial charge in [0.2, 0.25) is 0 Å². The van der Waals surface area contributed by atoms with Crippen molar-refractivity contribution in [3.8, 4) is 0 Å². The summed E-state index contributed by atoms with van der Waals surface area (Å²) in [5.41, 5.74) is 0.762. The predicted molar refractivity (Wildman–Crippen MR) is 83.6 cm³/mol. The second kappa shape index (κ2) is 6.67. The van der Waals surface area contributed by atoms with Gasteiger partial charge >= 0.3 is 0 Å². The Labute approximate surface area is 122 Å². The topological polar surface area (TPSA) is 50.2 Å². The fourth-order valence-corrected chi connectivity index (χ4v) is 2.67. The Bertz CT molecular complexity index is 618. The van der Waals surface area contributed by atoms with Crippen LogP contribution in [0.1, 0.15) is 9.75 Å². The number of thiophene rings is 1. The van der Waals surface area contributed by atoms with Crippen LogP contribution in [0.15, 0.2) is 29.2 Å². The third-order valence-electron chi connectivity index (χ3n) is 2.97. The van der Waals surface area contributed by atoms with Gasteiger partial charge in [0.15, 0.2) is 0 Å². The zero-order chi connectivity index (χ0) is 14.5. The molecule has 0 bridgehead atoms. The van der Waals surface area contributed by atoms with Crippen LogP contribution in [-0.2, 0) is 13.1 Å². The third kappa shape index (κ3) is 3.91. The Hall–Kier alpha value is -1.66. The molecule has 0 unspecified atom stereocenters. The van der Waals surface area contributed by atoms with E-state index in [1.807, 2.05) is 19.0 Å². The molecular formula is C14H20N4OS. The molecule has 0 atom stereocenters. The molecule has 0 aliphatic heterocycles. The van der Waals surface area contributed by atoms with E-state index in [2.05, 4.69) is 29.5 Å². The average molecular weight is 292 g/mol. The number of nitrogens with one attached hydrogen (secondary N) is 1. The van der Waals surface area contributed by atoms with Crippen LogP contribution in [0.5, 0.6) is 0 Å². The van der Waals surface area contributed by atoms with Crippen molar-refractivity contribution in [1.82, 2.24) is 15.1 Å². The van der Waals surface area contributed by atoms with Gasteiger partial charge in [0.05, 0.1) is 18.4 Å². The predicted octanol–water partition coefficient (Wildman–Crippen LogP) is 1.47. The molecule has 0 spiro atoms. The Morgan fingerprint density at radius 3 is 2.80 bits per heavy atom. The average Bonchev–Trinajstić information content (AvgIpc) is 2.81. The number of aromatic nitrogens is 2. The number of rotatable bonds is 6. The summed E-state index contributed by atoms with van der Waals surface area (Å²) < 4.78 is 1.49. The maximum absolute atomic E-state index is 11.9. The van der Waals surface area contributed by atoms with Gasteiger partial charge in [0.25, 0.3) is 5.56 Å². The minimum atomic E-state index is -0.0648. The molecule has 1 N–H and O–H groups in total. The van der Waals surface area contributed by atoms with Crippen molar-refractivity contribution in [1.29, 1.82) is 0 Å². The molecule has 108 valence electrons. The lowest BCUT2D eigenvalue weighted by Gasteiger charge is -2.12. The van der Waals surface area contributed by atoms with E-state index >= 15 is 0 Å². The number of nitrogens with zero attached hydrogens (tertiary/aromatic N) is 3. The highest BCUT2D eigenvalue weighted by Crippen LogP contribution is 2.14. The minimum absolute atomic E-state index is 0.0648. The van der Waals surface area contributed by atoms with Crippen LogP contribution >= 0.6 is 11.3 Å². The minimum Gasteiger partial charge on any atom is -0.376 e. The van der Waals surface area contributed by atoms with Crippen molar-refractivity contribution < 1.29 is 0 Å². The van der Waals surface area contributed by atoms with Crippen molar-refractivity contribution in [3.63, 3.8) is 0 Å². The first-order chi connectivity index (χ1) is 9.56. The summed E-state index contributed by atoms with van der Waals surface area (Å²) in [7, 11) is 3.79. The van der Waals surface area contributed by atoms with Crippen molar-refractivity contribution >= 4 is 17.0 Å². The summed E-state index contributed by atoms with van der Waals surface area (Å²) in [4.78, 5) is 16.4.